The van der Waals surface area contributed by atoms with Crippen LogP contribution in [0.5, 0.6) is 0 Å². The topological polar surface area (TPSA) is 133 Å². The van der Waals surface area contributed by atoms with Gasteiger partial charge in [0.25, 0.3) is 11.6 Å². The molecule has 0 aliphatic rings. The molecule has 2 rings (SSSR count). The minimum absolute atomic E-state index is 0.106. The van der Waals surface area contributed by atoms with Crippen LogP contribution in [0.3, 0.4) is 0 Å². The van der Waals surface area contributed by atoms with Gasteiger partial charge in [-0.3, -0.25) is 14.9 Å². The number of hydrogen-bond donors (Lipinski definition) is 1. The number of sulfone groups is 1. The van der Waals surface area contributed by atoms with E-state index in [1.54, 1.807) is 37.3 Å². The standard InChI is InChI=1S/C19H20N2O7S/c1-3-28-19(23)17(9-13-7-5-4-6-8-13)20-18(22)14-10-15(21(24)25)12-16(11-14)29(2,26)27/h4-8,10-12,17H,3,9H2,1-2H3,(H,20,22). The molecule has 2 aromatic carbocycles. The summed E-state index contributed by atoms with van der Waals surface area (Å²) < 4.78 is 28.6. The molecule has 29 heavy (non-hydrogen) atoms. The van der Waals surface area contributed by atoms with Crippen molar-refractivity contribution in [3.63, 3.8) is 0 Å². The first-order chi connectivity index (χ1) is 13.6. The van der Waals surface area contributed by atoms with Gasteiger partial charge >= 0.3 is 5.97 Å². The molecule has 0 aromatic heterocycles. The second-order valence-electron chi connectivity index (χ2n) is 6.21. The molecule has 0 bridgehead atoms. The smallest absolute Gasteiger partial charge is 0.328 e. The van der Waals surface area contributed by atoms with Crippen molar-refractivity contribution in [2.75, 3.05) is 12.9 Å². The minimum Gasteiger partial charge on any atom is -0.464 e. The summed E-state index contributed by atoms with van der Waals surface area (Å²) in [6, 6.07) is 10.7. The molecule has 0 radical (unpaired) electrons. The van der Waals surface area contributed by atoms with Gasteiger partial charge in [0.2, 0.25) is 0 Å². The molecule has 0 saturated heterocycles. The Bertz CT molecular complexity index is 1020. The summed E-state index contributed by atoms with van der Waals surface area (Å²) in [6.45, 7) is 1.73. The van der Waals surface area contributed by atoms with E-state index in [0.29, 0.717) is 0 Å². The summed E-state index contributed by atoms with van der Waals surface area (Å²) >= 11 is 0. The number of carbonyl (C=O) groups excluding carboxylic acids is 2. The number of non-ortho nitro benzene ring substituents is 1. The van der Waals surface area contributed by atoms with Gasteiger partial charge in [-0.1, -0.05) is 30.3 Å². The molecule has 2 aromatic rings. The first-order valence-corrected chi connectivity index (χ1v) is 10.5. The Morgan fingerprint density at radius 2 is 1.83 bits per heavy atom. The number of ether oxygens (including phenoxy) is 1. The van der Waals surface area contributed by atoms with Gasteiger partial charge in [0.05, 0.1) is 16.4 Å². The molecular weight excluding hydrogens is 400 g/mol. The van der Waals surface area contributed by atoms with E-state index in [4.69, 9.17) is 4.74 Å². The number of nitro benzene ring substituents is 1. The monoisotopic (exact) mass is 420 g/mol. The third kappa shape index (κ3) is 6.11. The van der Waals surface area contributed by atoms with Crippen LogP contribution in [0, 0.1) is 10.1 Å². The fourth-order valence-corrected chi connectivity index (χ4v) is 3.24. The summed E-state index contributed by atoms with van der Waals surface area (Å²) in [5.41, 5.74) is -0.0301. The molecule has 0 aliphatic carbocycles. The maximum atomic E-state index is 12.7. The minimum atomic E-state index is -3.79. The van der Waals surface area contributed by atoms with Crippen LogP contribution in [-0.4, -0.2) is 44.1 Å². The molecule has 1 unspecified atom stereocenters. The van der Waals surface area contributed by atoms with Crippen LogP contribution in [-0.2, 0) is 25.8 Å². The van der Waals surface area contributed by atoms with E-state index in [1.165, 1.54) is 0 Å². The van der Waals surface area contributed by atoms with E-state index in [0.717, 1.165) is 30.0 Å². The predicted molar refractivity (Wildman–Crippen MR) is 104 cm³/mol. The van der Waals surface area contributed by atoms with Gasteiger partial charge in [-0.05, 0) is 18.6 Å². The van der Waals surface area contributed by atoms with Crippen LogP contribution in [0.15, 0.2) is 53.4 Å². The normalized spacial score (nSPS) is 12.1. The second kappa shape index (κ2) is 9.28. The highest BCUT2D eigenvalue weighted by Crippen LogP contribution is 2.21. The average molecular weight is 420 g/mol. The molecule has 0 spiro atoms. The number of nitrogens with zero attached hydrogens (tertiary/aromatic N) is 1. The Hall–Kier alpha value is -3.27. The van der Waals surface area contributed by atoms with Gasteiger partial charge in [-0.2, -0.15) is 0 Å². The molecule has 0 aliphatic heterocycles. The highest BCUT2D eigenvalue weighted by Gasteiger charge is 2.25. The van der Waals surface area contributed by atoms with Crippen molar-refractivity contribution in [1.82, 2.24) is 5.32 Å². The summed E-state index contributed by atoms with van der Waals surface area (Å²) in [7, 11) is -3.79. The van der Waals surface area contributed by atoms with Crippen molar-refractivity contribution < 1.29 is 27.7 Å². The number of amides is 1. The zero-order valence-electron chi connectivity index (χ0n) is 15.8. The van der Waals surface area contributed by atoms with Crippen molar-refractivity contribution in [3.8, 4) is 0 Å². The number of benzene rings is 2. The SMILES string of the molecule is CCOC(=O)C(Cc1ccccc1)NC(=O)c1cc([N+](=O)[O-])cc(S(C)(=O)=O)c1. The summed E-state index contributed by atoms with van der Waals surface area (Å²) in [4.78, 5) is 34.9. The summed E-state index contributed by atoms with van der Waals surface area (Å²) in [6.07, 6.45) is 1.02. The van der Waals surface area contributed by atoms with Gasteiger partial charge in [-0.15, -0.1) is 0 Å². The fraction of sp³-hybridized carbons (Fsp3) is 0.263. The maximum absolute atomic E-state index is 12.7. The second-order valence-corrected chi connectivity index (χ2v) is 8.23. The first kappa shape index (κ1) is 22.0. The zero-order valence-corrected chi connectivity index (χ0v) is 16.6. The average Bonchev–Trinajstić information content (AvgIpc) is 2.67. The first-order valence-electron chi connectivity index (χ1n) is 8.62. The molecular formula is C19H20N2O7S. The number of rotatable bonds is 8. The predicted octanol–water partition coefficient (Wildman–Crippen LogP) is 1.90. The summed E-state index contributed by atoms with van der Waals surface area (Å²) in [5.74, 6) is -1.49. The van der Waals surface area contributed by atoms with E-state index in [1.807, 2.05) is 0 Å². The highest BCUT2D eigenvalue weighted by atomic mass is 32.2. The number of hydrogen-bond acceptors (Lipinski definition) is 7. The van der Waals surface area contributed by atoms with Gasteiger partial charge < -0.3 is 10.1 Å². The Morgan fingerprint density at radius 3 is 2.38 bits per heavy atom. The van der Waals surface area contributed by atoms with E-state index < -0.39 is 38.4 Å². The molecule has 0 saturated carbocycles. The van der Waals surface area contributed by atoms with Gasteiger partial charge in [0, 0.05) is 30.4 Å². The van der Waals surface area contributed by atoms with E-state index in [-0.39, 0.29) is 23.5 Å². The lowest BCUT2D eigenvalue weighted by atomic mass is 10.1. The molecule has 0 fully saturated rings. The van der Waals surface area contributed by atoms with E-state index in [9.17, 15) is 28.1 Å². The van der Waals surface area contributed by atoms with E-state index in [2.05, 4.69) is 5.32 Å². The maximum Gasteiger partial charge on any atom is 0.328 e. The van der Waals surface area contributed by atoms with Gasteiger partial charge in [0.15, 0.2) is 9.84 Å². The highest BCUT2D eigenvalue weighted by molar-refractivity contribution is 7.90. The Morgan fingerprint density at radius 1 is 1.17 bits per heavy atom. The van der Waals surface area contributed by atoms with Crippen molar-refractivity contribution >= 4 is 27.4 Å². The Labute approximate surface area is 167 Å². The van der Waals surface area contributed by atoms with Crippen LogP contribution < -0.4 is 5.32 Å². The Kier molecular flexibility index (Phi) is 7.05. The van der Waals surface area contributed by atoms with Gasteiger partial charge in [-0.25, -0.2) is 13.2 Å². The van der Waals surface area contributed by atoms with Crippen molar-refractivity contribution in [2.24, 2.45) is 0 Å². The van der Waals surface area contributed by atoms with Crippen molar-refractivity contribution in [3.05, 3.63) is 69.8 Å². The fourth-order valence-electron chi connectivity index (χ4n) is 2.56. The van der Waals surface area contributed by atoms with Crippen LogP contribution in [0.1, 0.15) is 22.8 Å². The lowest BCUT2D eigenvalue weighted by molar-refractivity contribution is -0.385. The number of nitrogens with one attached hydrogen (secondary N) is 1. The van der Waals surface area contributed by atoms with Crippen LogP contribution in [0.2, 0.25) is 0 Å². The molecule has 10 heteroatoms. The summed E-state index contributed by atoms with van der Waals surface area (Å²) in [5, 5.41) is 13.6. The molecule has 154 valence electrons. The molecule has 1 atom stereocenters. The molecule has 9 nitrogen and oxygen atoms in total. The largest absolute Gasteiger partial charge is 0.464 e. The van der Waals surface area contributed by atoms with E-state index >= 15 is 0 Å². The quantitative estimate of drug-likeness (QED) is 0.392. The Balaban J connectivity index is 2.36. The third-order valence-corrected chi connectivity index (χ3v) is 5.04. The third-order valence-electron chi connectivity index (χ3n) is 3.95. The van der Waals surface area contributed by atoms with Crippen molar-refractivity contribution in [2.45, 2.75) is 24.3 Å². The zero-order chi connectivity index (χ0) is 21.6. The lowest BCUT2D eigenvalue weighted by Gasteiger charge is -2.17. The van der Waals surface area contributed by atoms with Crippen molar-refractivity contribution in [1.29, 1.82) is 0 Å². The number of esters is 1. The molecule has 0 heterocycles. The molecule has 1 amide bonds. The van der Waals surface area contributed by atoms with Crippen LogP contribution in [0.25, 0.3) is 0 Å². The van der Waals surface area contributed by atoms with Crippen LogP contribution >= 0.6 is 0 Å². The number of carbonyl (C=O) groups is 2. The van der Waals surface area contributed by atoms with Crippen LogP contribution in [0.4, 0.5) is 5.69 Å². The molecule has 1 N–H and O–H groups in total. The lowest BCUT2D eigenvalue weighted by Crippen LogP contribution is -2.43. The number of nitro groups is 1. The van der Waals surface area contributed by atoms with Gasteiger partial charge in [0.1, 0.15) is 6.04 Å².